The summed E-state index contributed by atoms with van der Waals surface area (Å²) in [5.41, 5.74) is 1.31. The Balaban J connectivity index is 2.31. The molecule has 0 bridgehead atoms. The number of rotatable bonds is 11. The minimum Gasteiger partial charge on any atom is -0.459 e. The lowest BCUT2D eigenvalue weighted by Crippen LogP contribution is -2.55. The second-order valence-corrected chi connectivity index (χ2v) is 12.7. The molecule has 0 aliphatic carbocycles. The van der Waals surface area contributed by atoms with Crippen molar-refractivity contribution in [3.05, 3.63) is 64.7 Å². The van der Waals surface area contributed by atoms with Crippen molar-refractivity contribution in [1.29, 1.82) is 0 Å². The van der Waals surface area contributed by atoms with Crippen molar-refractivity contribution in [2.75, 3.05) is 17.6 Å². The largest absolute Gasteiger partial charge is 0.459 e. The van der Waals surface area contributed by atoms with Gasteiger partial charge >= 0.3 is 12.1 Å². The molecule has 9 nitrogen and oxygen atoms in total. The normalized spacial score (nSPS) is 13.2. The van der Waals surface area contributed by atoms with E-state index < -0.39 is 33.2 Å². The highest BCUT2D eigenvalue weighted by atomic mass is 32.2. The zero-order valence-corrected chi connectivity index (χ0v) is 24.0. The van der Waals surface area contributed by atoms with Crippen LogP contribution in [0.5, 0.6) is 0 Å². The summed E-state index contributed by atoms with van der Waals surface area (Å²) < 4.78 is 36.1. The highest BCUT2D eigenvalue weighted by molar-refractivity contribution is 7.92. The van der Waals surface area contributed by atoms with Gasteiger partial charge in [-0.05, 0) is 75.4 Å². The number of amides is 1. The van der Waals surface area contributed by atoms with Crippen LogP contribution >= 0.6 is 0 Å². The molecule has 0 saturated heterocycles. The zero-order valence-electron chi connectivity index (χ0n) is 23.2. The van der Waals surface area contributed by atoms with Crippen molar-refractivity contribution in [3.63, 3.8) is 0 Å². The molecule has 10 heteroatoms. The summed E-state index contributed by atoms with van der Waals surface area (Å²) in [6, 6.07) is 12.6. The molecular formula is C28H38N2O7S. The smallest absolute Gasteiger partial charge is 0.408 e. The van der Waals surface area contributed by atoms with E-state index in [0.717, 1.165) is 33.5 Å². The van der Waals surface area contributed by atoms with Crippen molar-refractivity contribution < 1.29 is 32.3 Å². The van der Waals surface area contributed by atoms with Crippen LogP contribution in [-0.2, 0) is 48.5 Å². The predicted octanol–water partition coefficient (Wildman–Crippen LogP) is 4.09. The second kappa shape index (κ2) is 12.4. The molecule has 0 heterocycles. The van der Waals surface area contributed by atoms with Gasteiger partial charge in [0.1, 0.15) is 24.0 Å². The number of sulfonamides is 1. The lowest BCUT2D eigenvalue weighted by Gasteiger charge is -2.30. The second-order valence-electron chi connectivity index (χ2n) is 10.6. The van der Waals surface area contributed by atoms with E-state index in [1.165, 1.54) is 7.05 Å². The zero-order chi connectivity index (χ0) is 28.7. The van der Waals surface area contributed by atoms with Gasteiger partial charge in [0, 0.05) is 19.9 Å². The molecule has 1 N–H and O–H groups in total. The Morgan fingerprint density at radius 1 is 1.03 bits per heavy atom. The first kappa shape index (κ1) is 30.8. The van der Waals surface area contributed by atoms with Crippen molar-refractivity contribution >= 4 is 34.1 Å². The van der Waals surface area contributed by atoms with E-state index in [-0.39, 0.29) is 13.0 Å². The number of esters is 1. The molecule has 0 spiro atoms. The molecule has 0 aliphatic heterocycles. The number of carbonyl (C=O) groups is 3. The number of ether oxygens (including phenoxy) is 2. The predicted molar refractivity (Wildman–Crippen MR) is 147 cm³/mol. The fourth-order valence-corrected chi connectivity index (χ4v) is 4.32. The van der Waals surface area contributed by atoms with Gasteiger partial charge in [0.2, 0.25) is 10.0 Å². The van der Waals surface area contributed by atoms with E-state index in [2.05, 4.69) is 5.32 Å². The van der Waals surface area contributed by atoms with Gasteiger partial charge in [-0.15, -0.1) is 0 Å². The van der Waals surface area contributed by atoms with E-state index in [9.17, 15) is 22.8 Å². The molecule has 208 valence electrons. The summed E-state index contributed by atoms with van der Waals surface area (Å²) in [5.74, 6) is -0.679. The van der Waals surface area contributed by atoms with E-state index in [4.69, 9.17) is 9.47 Å². The van der Waals surface area contributed by atoms with Gasteiger partial charge in [-0.3, -0.25) is 4.31 Å². The molecule has 1 amide bonds. The van der Waals surface area contributed by atoms with Gasteiger partial charge in [0.25, 0.3) is 0 Å². The minimum absolute atomic E-state index is 0.121. The topological polar surface area (TPSA) is 119 Å². The lowest BCUT2D eigenvalue weighted by molar-refractivity contribution is -0.152. The number of hydrogen-bond acceptors (Lipinski definition) is 7. The molecule has 0 aromatic heterocycles. The first-order valence-electron chi connectivity index (χ1n) is 12.3. The maximum absolute atomic E-state index is 13.4. The molecule has 0 saturated carbocycles. The van der Waals surface area contributed by atoms with E-state index >= 15 is 0 Å². The first-order valence-corrected chi connectivity index (χ1v) is 14.1. The Morgan fingerprint density at radius 2 is 1.68 bits per heavy atom. The van der Waals surface area contributed by atoms with Crippen LogP contribution in [0.15, 0.2) is 42.5 Å². The summed E-state index contributed by atoms with van der Waals surface area (Å²) in [6.07, 6.45) is 2.26. The average Bonchev–Trinajstić information content (AvgIpc) is 2.78. The Morgan fingerprint density at radius 3 is 2.29 bits per heavy atom. The Bertz CT molecular complexity index is 1270. The Kier molecular flexibility index (Phi) is 10.1. The van der Waals surface area contributed by atoms with E-state index in [1.807, 2.05) is 31.2 Å². The number of benzene rings is 2. The van der Waals surface area contributed by atoms with Crippen LogP contribution in [0, 0.1) is 6.92 Å². The molecule has 0 fully saturated rings. The third kappa shape index (κ3) is 9.48. The summed E-state index contributed by atoms with van der Waals surface area (Å²) in [6.45, 7) is 8.42. The summed E-state index contributed by atoms with van der Waals surface area (Å²) in [5, 5.41) is 2.68. The highest BCUT2D eigenvalue weighted by Gasteiger charge is 2.38. The minimum atomic E-state index is -3.47. The number of carbonyl (C=O) groups excluding carboxylic acids is 3. The summed E-state index contributed by atoms with van der Waals surface area (Å²) >= 11 is 0. The van der Waals surface area contributed by atoms with Crippen LogP contribution in [-0.4, -0.2) is 51.2 Å². The van der Waals surface area contributed by atoms with Gasteiger partial charge < -0.3 is 19.6 Å². The molecule has 1 atom stereocenters. The maximum Gasteiger partial charge on any atom is 0.408 e. The van der Waals surface area contributed by atoms with E-state index in [0.29, 0.717) is 24.1 Å². The van der Waals surface area contributed by atoms with Crippen molar-refractivity contribution in [3.8, 4) is 0 Å². The van der Waals surface area contributed by atoms with Crippen LogP contribution in [0.2, 0.25) is 0 Å². The van der Waals surface area contributed by atoms with Crippen LogP contribution in [0.25, 0.3) is 0 Å². The molecule has 2 rings (SSSR count). The number of hydrogen-bond donors (Lipinski definition) is 1. The van der Waals surface area contributed by atoms with Gasteiger partial charge in [0.15, 0.2) is 0 Å². The molecule has 0 aliphatic rings. The summed E-state index contributed by atoms with van der Waals surface area (Å²) in [4.78, 5) is 36.9. The van der Waals surface area contributed by atoms with Gasteiger partial charge in [-0.1, -0.05) is 30.3 Å². The molecule has 0 radical (unpaired) electrons. The number of anilines is 1. The molecular weight excluding hydrogens is 508 g/mol. The van der Waals surface area contributed by atoms with Crippen LogP contribution < -0.4 is 9.62 Å². The number of nitrogens with one attached hydrogen (secondary N) is 1. The number of alkyl carbamates (subject to hydrolysis) is 1. The maximum atomic E-state index is 13.4. The third-order valence-electron chi connectivity index (χ3n) is 5.68. The number of aldehydes is 1. The lowest BCUT2D eigenvalue weighted by atomic mass is 9.91. The van der Waals surface area contributed by atoms with Crippen molar-refractivity contribution in [1.82, 2.24) is 5.32 Å². The van der Waals surface area contributed by atoms with Crippen molar-refractivity contribution in [2.45, 2.75) is 71.6 Å². The fraction of sp³-hybridized carbons (Fsp3) is 0.464. The van der Waals surface area contributed by atoms with Gasteiger partial charge in [0.05, 0.1) is 11.9 Å². The van der Waals surface area contributed by atoms with Crippen LogP contribution in [0.4, 0.5) is 10.5 Å². The third-order valence-corrected chi connectivity index (χ3v) is 6.89. The van der Waals surface area contributed by atoms with Crippen molar-refractivity contribution in [2.24, 2.45) is 0 Å². The van der Waals surface area contributed by atoms with Gasteiger partial charge in [-0.25, -0.2) is 18.0 Å². The number of nitrogens with zero attached hydrogens (tertiary/aromatic N) is 1. The highest BCUT2D eigenvalue weighted by Crippen LogP contribution is 2.23. The monoisotopic (exact) mass is 546 g/mol. The van der Waals surface area contributed by atoms with E-state index in [1.54, 1.807) is 45.9 Å². The average molecular weight is 547 g/mol. The fourth-order valence-electron chi connectivity index (χ4n) is 3.83. The molecule has 2 aromatic rings. The first-order chi connectivity index (χ1) is 17.5. The standard InChI is InChI=1S/C28H38N2O7S/c1-20-14-23(17-24(15-20)30(6)38(7,34)35)19-36-25(32)28(5,29-26(33)37-27(2,3)4)18-22-11-8-10-21(16-22)12-9-13-31/h8,10-11,13-17H,9,12,18-19H2,1-7H3,(H,29,33). The van der Waals surface area contributed by atoms with Crippen LogP contribution in [0.3, 0.4) is 0 Å². The Hall–Kier alpha value is -3.40. The number of aryl methyl sites for hydroxylation is 2. The molecule has 2 aromatic carbocycles. The molecule has 1 unspecified atom stereocenters. The summed E-state index contributed by atoms with van der Waals surface area (Å²) in [7, 11) is -2.02. The quantitative estimate of drug-likeness (QED) is 0.333. The van der Waals surface area contributed by atoms with Gasteiger partial charge in [-0.2, -0.15) is 0 Å². The van der Waals surface area contributed by atoms with Crippen LogP contribution in [0.1, 0.15) is 56.4 Å². The Labute approximate surface area is 225 Å². The SMILES string of the molecule is Cc1cc(COC(=O)C(C)(Cc2cccc(CCC=O)c2)NC(=O)OC(C)(C)C)cc(N(C)S(C)(=O)=O)c1. The molecule has 38 heavy (non-hydrogen) atoms.